The van der Waals surface area contributed by atoms with Crippen LogP contribution in [0, 0.1) is 11.6 Å². The van der Waals surface area contributed by atoms with Gasteiger partial charge in [-0.3, -0.25) is 4.79 Å². The molecule has 236 valence electrons. The molecule has 0 radical (unpaired) electrons. The van der Waals surface area contributed by atoms with Crippen molar-refractivity contribution in [3.8, 4) is 11.1 Å². The molecule has 2 aromatic carbocycles. The molecule has 0 saturated heterocycles. The summed E-state index contributed by atoms with van der Waals surface area (Å²) in [5.74, 6) is -1.41. The second-order valence-electron chi connectivity index (χ2n) is 11.0. The number of carbonyl (C=O) groups excluding carboxylic acids is 1. The minimum absolute atomic E-state index is 0.0274. The van der Waals surface area contributed by atoms with Crippen molar-refractivity contribution in [3.05, 3.63) is 132 Å². The van der Waals surface area contributed by atoms with E-state index in [0.717, 1.165) is 23.4 Å². The maximum atomic E-state index is 14.2. The third-order valence-electron chi connectivity index (χ3n) is 7.34. The van der Waals surface area contributed by atoms with Gasteiger partial charge in [0, 0.05) is 36.0 Å². The van der Waals surface area contributed by atoms with Crippen LogP contribution in [0.1, 0.15) is 34.8 Å². The van der Waals surface area contributed by atoms with E-state index in [-0.39, 0.29) is 29.9 Å². The maximum absolute atomic E-state index is 14.2. The van der Waals surface area contributed by atoms with Crippen LogP contribution in [0.2, 0.25) is 0 Å². The van der Waals surface area contributed by atoms with Gasteiger partial charge in [0.25, 0.3) is 5.91 Å². The minimum Gasteiger partial charge on any atom is -0.423 e. The predicted molar refractivity (Wildman–Crippen MR) is 172 cm³/mol. The number of pyridine rings is 2. The highest BCUT2D eigenvalue weighted by Gasteiger charge is 2.23. The van der Waals surface area contributed by atoms with Crippen LogP contribution in [0.3, 0.4) is 0 Å². The number of nitrogens with zero attached hydrogens (tertiary/aromatic N) is 2. The molecule has 9 nitrogen and oxygen atoms in total. The quantitative estimate of drug-likeness (QED) is 0.0522. The van der Waals surface area contributed by atoms with Crippen molar-refractivity contribution in [1.29, 1.82) is 0 Å². The minimum atomic E-state index is -1.82. The molecule has 0 aliphatic rings. The van der Waals surface area contributed by atoms with Gasteiger partial charge in [0.1, 0.15) is 17.2 Å². The smallest absolute Gasteiger partial charge is 0.423 e. The van der Waals surface area contributed by atoms with Crippen molar-refractivity contribution in [3.63, 3.8) is 0 Å². The Morgan fingerprint density at radius 2 is 1.35 bits per heavy atom. The molecular weight excluding hydrogens is 592 g/mol. The van der Waals surface area contributed by atoms with E-state index in [1.54, 1.807) is 46.1 Å². The summed E-state index contributed by atoms with van der Waals surface area (Å²) < 4.78 is 31.6. The first kappa shape index (κ1) is 34.2. The van der Waals surface area contributed by atoms with Gasteiger partial charge in [-0.25, -0.2) is 13.3 Å². The number of aromatic nitrogens is 2. The molecule has 0 saturated carbocycles. The van der Waals surface area contributed by atoms with Crippen molar-refractivity contribution in [2.45, 2.75) is 26.4 Å². The van der Waals surface area contributed by atoms with E-state index in [1.165, 1.54) is 24.3 Å². The molecule has 0 unspecified atom stereocenters. The second-order valence-corrected chi connectivity index (χ2v) is 11.0. The molecule has 0 bridgehead atoms. The van der Waals surface area contributed by atoms with Crippen LogP contribution < -0.4 is 30.7 Å². The lowest BCUT2D eigenvalue weighted by Gasteiger charge is -2.11. The van der Waals surface area contributed by atoms with Gasteiger partial charge in [-0.05, 0) is 66.2 Å². The molecule has 13 heteroatoms. The summed E-state index contributed by atoms with van der Waals surface area (Å²) in [6.45, 7) is 10.7. The Kier molecular flexibility index (Phi) is 11.6. The highest BCUT2D eigenvalue weighted by molar-refractivity contribution is 6.59. The highest BCUT2D eigenvalue weighted by atomic mass is 19.1. The first-order valence-electron chi connectivity index (χ1n) is 14.6. The van der Waals surface area contributed by atoms with Gasteiger partial charge in [-0.2, -0.15) is 4.57 Å². The van der Waals surface area contributed by atoms with Crippen LogP contribution in [0.15, 0.2) is 104 Å². The highest BCUT2D eigenvalue weighted by Crippen LogP contribution is 2.18. The lowest BCUT2D eigenvalue weighted by Crippen LogP contribution is -2.42. The molecule has 2 aromatic heterocycles. The number of amides is 1. The van der Waals surface area contributed by atoms with Crippen molar-refractivity contribution in [1.82, 2.24) is 10.6 Å². The normalized spacial score (nSPS) is 10.8. The molecule has 4 rings (SSSR count). The standard InChI is InChI=1S/C33H35B2F2N4O5/c1-22(2)23(3)38-11-5-12-39-33(42)28-14-25(18-41(21-28)20-27-16-30(37)8-10-32(27)35(45)46)24-6-4-13-40(17-24)19-26-15-29(36)7-9-31(26)34(43)44/h4,6-10,13-18,21,38,43-46H,1,3,5,11-12,19-20H2,2H3/q+1/p+1. The van der Waals surface area contributed by atoms with E-state index in [0.29, 0.717) is 47.3 Å². The number of hydrogen-bond acceptors (Lipinski definition) is 6. The van der Waals surface area contributed by atoms with Crippen molar-refractivity contribution < 1.29 is 42.8 Å². The van der Waals surface area contributed by atoms with Crippen molar-refractivity contribution in [2.75, 3.05) is 13.1 Å². The largest absolute Gasteiger partial charge is 0.488 e. The Morgan fingerprint density at radius 1 is 0.783 bits per heavy atom. The van der Waals surface area contributed by atoms with Crippen LogP contribution >= 0.6 is 0 Å². The molecule has 46 heavy (non-hydrogen) atoms. The Morgan fingerprint density at radius 3 is 1.93 bits per heavy atom. The Bertz CT molecular complexity index is 1750. The van der Waals surface area contributed by atoms with Gasteiger partial charge in [0.2, 0.25) is 0 Å². The van der Waals surface area contributed by atoms with E-state index in [2.05, 4.69) is 23.8 Å². The molecule has 0 aliphatic heterocycles. The molecule has 0 fully saturated rings. The summed E-state index contributed by atoms with van der Waals surface area (Å²) in [7, 11) is -3.60. The molecule has 4 aromatic rings. The van der Waals surface area contributed by atoms with Gasteiger partial charge >= 0.3 is 14.2 Å². The van der Waals surface area contributed by atoms with E-state index >= 15 is 0 Å². The number of rotatable bonds is 14. The second kappa shape index (κ2) is 15.5. The summed E-state index contributed by atoms with van der Waals surface area (Å²) in [6, 6.07) is 12.6. The molecule has 0 aliphatic carbocycles. The van der Waals surface area contributed by atoms with Crippen LogP contribution in [-0.2, 0) is 13.1 Å². The van der Waals surface area contributed by atoms with Crippen molar-refractivity contribution in [2.24, 2.45) is 0 Å². The third kappa shape index (κ3) is 9.18. The zero-order valence-corrected chi connectivity index (χ0v) is 25.5. The summed E-state index contributed by atoms with van der Waals surface area (Å²) in [6.07, 6.45) is 7.47. The summed E-state index contributed by atoms with van der Waals surface area (Å²) in [5.41, 5.74) is 4.15. The first-order chi connectivity index (χ1) is 21.9. The SMILES string of the molecule is C=C(C)C(=C)NCCCNC(=O)c1cc(-c2ccc[n+](Cc3cc(F)ccc3B(O)O)c2)c[n+](Cc2cc(F)ccc2B(O)O)c1. The van der Waals surface area contributed by atoms with Crippen LogP contribution in [0.4, 0.5) is 8.78 Å². The van der Waals surface area contributed by atoms with Gasteiger partial charge in [0.05, 0.1) is 11.1 Å². The number of allylic oxidation sites excluding steroid dienone is 1. The fourth-order valence-corrected chi connectivity index (χ4v) is 4.90. The van der Waals surface area contributed by atoms with Crippen molar-refractivity contribution >= 4 is 31.1 Å². The topological polar surface area (TPSA) is 130 Å². The fourth-order valence-electron chi connectivity index (χ4n) is 4.90. The van der Waals surface area contributed by atoms with Gasteiger partial charge in [0.15, 0.2) is 37.9 Å². The Labute approximate surface area is 267 Å². The lowest BCUT2D eigenvalue weighted by atomic mass is 9.77. The van der Waals surface area contributed by atoms with Crippen LogP contribution in [-0.4, -0.2) is 53.3 Å². The first-order valence-corrected chi connectivity index (χ1v) is 14.6. The molecular formula is C33H36B2F2N4O5+2. The summed E-state index contributed by atoms with van der Waals surface area (Å²) >= 11 is 0. The molecule has 6 N–H and O–H groups in total. The van der Waals surface area contributed by atoms with Gasteiger partial charge in [-0.15, -0.1) is 0 Å². The maximum Gasteiger partial charge on any atom is 0.488 e. The third-order valence-corrected chi connectivity index (χ3v) is 7.34. The van der Waals surface area contributed by atoms with Crippen LogP contribution in [0.5, 0.6) is 0 Å². The Balaban J connectivity index is 1.66. The summed E-state index contributed by atoms with van der Waals surface area (Å²) in [5, 5.41) is 45.3. The number of carbonyl (C=O) groups is 1. The van der Waals surface area contributed by atoms with E-state index in [9.17, 15) is 33.7 Å². The zero-order chi connectivity index (χ0) is 33.4. The van der Waals surface area contributed by atoms with Gasteiger partial charge < -0.3 is 30.7 Å². The fraction of sp³-hybridized carbons (Fsp3) is 0.182. The Hall–Kier alpha value is -4.68. The number of halogens is 2. The average molecular weight is 628 g/mol. The predicted octanol–water partition coefficient (Wildman–Crippen LogP) is 0.462. The molecule has 2 heterocycles. The monoisotopic (exact) mass is 628 g/mol. The van der Waals surface area contributed by atoms with Gasteiger partial charge in [-0.1, -0.05) is 25.3 Å². The zero-order valence-electron chi connectivity index (χ0n) is 25.5. The lowest BCUT2D eigenvalue weighted by molar-refractivity contribution is -0.689. The van der Waals surface area contributed by atoms with E-state index in [4.69, 9.17) is 0 Å². The molecule has 0 spiro atoms. The number of benzene rings is 2. The summed E-state index contributed by atoms with van der Waals surface area (Å²) in [4.78, 5) is 13.3. The van der Waals surface area contributed by atoms with E-state index in [1.807, 2.05) is 13.0 Å². The number of nitrogens with one attached hydrogen (secondary N) is 2. The molecule has 0 atom stereocenters. The average Bonchev–Trinajstić information content (AvgIpc) is 3.00. The number of hydrogen-bond donors (Lipinski definition) is 6. The van der Waals surface area contributed by atoms with E-state index < -0.39 is 25.9 Å². The molecule has 1 amide bonds. The van der Waals surface area contributed by atoms with Crippen LogP contribution in [0.25, 0.3) is 11.1 Å².